The number of ether oxygens (including phenoxy) is 1. The zero-order valence-corrected chi connectivity index (χ0v) is 11.2. The quantitative estimate of drug-likeness (QED) is 0.860. The Kier molecular flexibility index (Phi) is 3.00. The highest BCUT2D eigenvalue weighted by molar-refractivity contribution is 5.79. The van der Waals surface area contributed by atoms with Crippen molar-refractivity contribution in [1.29, 1.82) is 0 Å². The second-order valence-corrected chi connectivity index (χ2v) is 4.75. The smallest absolute Gasteiger partial charge is 0.218 e. The first-order valence-electron chi connectivity index (χ1n) is 6.35. The number of rotatable bonds is 2. The van der Waals surface area contributed by atoms with Crippen LogP contribution in [0.15, 0.2) is 47.6 Å². The number of benzene rings is 1. The molecule has 1 aliphatic heterocycles. The average molecular weight is 268 g/mol. The summed E-state index contributed by atoms with van der Waals surface area (Å²) in [6.07, 6.45) is 3.34. The van der Waals surface area contributed by atoms with E-state index in [-0.39, 0.29) is 0 Å². The van der Waals surface area contributed by atoms with Crippen LogP contribution in [0.1, 0.15) is 11.1 Å². The Morgan fingerprint density at radius 1 is 1.15 bits per heavy atom. The van der Waals surface area contributed by atoms with Crippen molar-refractivity contribution >= 4 is 11.9 Å². The molecule has 0 aliphatic carbocycles. The first-order chi connectivity index (χ1) is 9.67. The van der Waals surface area contributed by atoms with E-state index in [4.69, 9.17) is 16.2 Å². The van der Waals surface area contributed by atoms with Crippen LogP contribution in [0.5, 0.6) is 5.88 Å². The van der Waals surface area contributed by atoms with E-state index < -0.39 is 11.6 Å². The predicted molar refractivity (Wildman–Crippen MR) is 78.3 cm³/mol. The van der Waals surface area contributed by atoms with Crippen molar-refractivity contribution in [3.05, 3.63) is 53.7 Å². The fourth-order valence-electron chi connectivity index (χ4n) is 2.59. The molecule has 3 rings (SSSR count). The van der Waals surface area contributed by atoms with E-state index in [1.54, 1.807) is 19.5 Å². The molecule has 102 valence electrons. The standard InChI is InChI=1S/C15H16N4O/c1-20-14-11(6-4-8-18-14)15(17)10-5-2-3-7-12(10)19-9-13(15)16/h2-9,13H,16-17H2,1H3. The summed E-state index contributed by atoms with van der Waals surface area (Å²) in [6, 6.07) is 11.0. The molecule has 0 saturated heterocycles. The van der Waals surface area contributed by atoms with E-state index in [1.165, 1.54) is 0 Å². The van der Waals surface area contributed by atoms with E-state index in [0.29, 0.717) is 5.88 Å². The molecule has 20 heavy (non-hydrogen) atoms. The van der Waals surface area contributed by atoms with Gasteiger partial charge >= 0.3 is 0 Å². The average Bonchev–Trinajstić information content (AvgIpc) is 2.51. The van der Waals surface area contributed by atoms with Gasteiger partial charge in [0.15, 0.2) is 0 Å². The number of aromatic nitrogens is 1. The van der Waals surface area contributed by atoms with Gasteiger partial charge in [-0.25, -0.2) is 4.98 Å². The number of para-hydroxylation sites is 1. The first kappa shape index (κ1) is 12.8. The molecule has 0 fully saturated rings. The maximum absolute atomic E-state index is 6.68. The van der Waals surface area contributed by atoms with Crippen molar-refractivity contribution in [2.75, 3.05) is 7.11 Å². The predicted octanol–water partition coefficient (Wildman–Crippen LogP) is 1.34. The van der Waals surface area contributed by atoms with E-state index in [1.807, 2.05) is 36.4 Å². The summed E-state index contributed by atoms with van der Waals surface area (Å²) in [7, 11) is 1.57. The van der Waals surface area contributed by atoms with Crippen molar-refractivity contribution in [1.82, 2.24) is 4.98 Å². The molecule has 2 heterocycles. The third kappa shape index (κ3) is 1.71. The molecule has 0 spiro atoms. The second kappa shape index (κ2) is 4.70. The minimum absolute atomic E-state index is 0.449. The Hall–Kier alpha value is -2.24. The summed E-state index contributed by atoms with van der Waals surface area (Å²) < 4.78 is 5.34. The molecule has 1 aromatic carbocycles. The first-order valence-corrected chi connectivity index (χ1v) is 6.35. The van der Waals surface area contributed by atoms with Gasteiger partial charge in [0, 0.05) is 23.5 Å². The molecule has 2 unspecified atom stereocenters. The molecular weight excluding hydrogens is 252 g/mol. The van der Waals surface area contributed by atoms with Crippen LogP contribution in [-0.2, 0) is 5.54 Å². The lowest BCUT2D eigenvalue weighted by atomic mass is 9.76. The largest absolute Gasteiger partial charge is 0.481 e. The lowest BCUT2D eigenvalue weighted by molar-refractivity contribution is 0.373. The minimum atomic E-state index is -0.905. The number of methoxy groups -OCH3 is 1. The van der Waals surface area contributed by atoms with Gasteiger partial charge in [0.25, 0.3) is 0 Å². The highest BCUT2D eigenvalue weighted by Gasteiger charge is 2.41. The van der Waals surface area contributed by atoms with Crippen LogP contribution in [0, 0.1) is 0 Å². The Bertz CT molecular complexity index is 670. The number of nitrogens with zero attached hydrogens (tertiary/aromatic N) is 2. The molecule has 5 heteroatoms. The van der Waals surface area contributed by atoms with Crippen molar-refractivity contribution < 1.29 is 4.74 Å². The third-order valence-corrected chi connectivity index (χ3v) is 3.66. The zero-order valence-electron chi connectivity index (χ0n) is 11.2. The Morgan fingerprint density at radius 2 is 1.90 bits per heavy atom. The molecule has 4 N–H and O–H groups in total. The summed E-state index contributed by atoms with van der Waals surface area (Å²) in [5, 5.41) is 0. The molecule has 0 bridgehead atoms. The van der Waals surface area contributed by atoms with Gasteiger partial charge in [-0.2, -0.15) is 0 Å². The molecule has 0 saturated carbocycles. The van der Waals surface area contributed by atoms with Gasteiger partial charge in [0.05, 0.1) is 24.4 Å². The van der Waals surface area contributed by atoms with Crippen LogP contribution in [0.3, 0.4) is 0 Å². The molecule has 1 aromatic heterocycles. The number of hydrogen-bond donors (Lipinski definition) is 2. The van der Waals surface area contributed by atoms with Crippen molar-refractivity contribution in [3.8, 4) is 5.88 Å². The Balaban J connectivity index is 2.27. The maximum Gasteiger partial charge on any atom is 0.218 e. The second-order valence-electron chi connectivity index (χ2n) is 4.75. The van der Waals surface area contributed by atoms with Gasteiger partial charge < -0.3 is 16.2 Å². The van der Waals surface area contributed by atoms with Crippen LogP contribution >= 0.6 is 0 Å². The molecular formula is C15H16N4O. The van der Waals surface area contributed by atoms with Gasteiger partial charge in [-0.05, 0) is 18.2 Å². The fourth-order valence-corrected chi connectivity index (χ4v) is 2.59. The van der Waals surface area contributed by atoms with E-state index in [0.717, 1.165) is 16.8 Å². The molecule has 0 amide bonds. The fraction of sp³-hybridized carbons (Fsp3) is 0.200. The maximum atomic E-state index is 6.68. The number of hydrogen-bond acceptors (Lipinski definition) is 5. The number of aliphatic imine (C=N–C) groups is 1. The van der Waals surface area contributed by atoms with Crippen LogP contribution in [-0.4, -0.2) is 24.4 Å². The molecule has 1 aliphatic rings. The lowest BCUT2D eigenvalue weighted by Crippen LogP contribution is -2.55. The van der Waals surface area contributed by atoms with E-state index in [9.17, 15) is 0 Å². The summed E-state index contributed by atoms with van der Waals surface area (Å²) in [6.45, 7) is 0. The van der Waals surface area contributed by atoms with Crippen molar-refractivity contribution in [2.45, 2.75) is 11.6 Å². The van der Waals surface area contributed by atoms with E-state index >= 15 is 0 Å². The van der Waals surface area contributed by atoms with Gasteiger partial charge in [-0.15, -0.1) is 0 Å². The monoisotopic (exact) mass is 268 g/mol. The number of pyridine rings is 1. The van der Waals surface area contributed by atoms with Gasteiger partial charge in [-0.1, -0.05) is 18.2 Å². The lowest BCUT2D eigenvalue weighted by Gasteiger charge is -2.37. The third-order valence-electron chi connectivity index (χ3n) is 3.66. The van der Waals surface area contributed by atoms with Gasteiger partial charge in [0.2, 0.25) is 5.88 Å². The molecule has 2 aromatic rings. The van der Waals surface area contributed by atoms with Crippen molar-refractivity contribution in [3.63, 3.8) is 0 Å². The number of fused-ring (bicyclic) bond motifs is 1. The zero-order chi connectivity index (χ0) is 14.2. The number of nitrogens with two attached hydrogens (primary N) is 2. The Labute approximate surface area is 117 Å². The topological polar surface area (TPSA) is 86.5 Å². The molecule has 0 radical (unpaired) electrons. The summed E-state index contributed by atoms with van der Waals surface area (Å²) in [5.41, 5.74) is 14.5. The molecule has 2 atom stereocenters. The normalized spacial score (nSPS) is 24.2. The SMILES string of the molecule is COc1ncccc1C1(N)c2ccccc2N=CC1N. The van der Waals surface area contributed by atoms with Crippen LogP contribution in [0.25, 0.3) is 0 Å². The van der Waals surface area contributed by atoms with E-state index in [2.05, 4.69) is 9.98 Å². The summed E-state index contributed by atoms with van der Waals surface area (Å²) in [4.78, 5) is 8.58. The minimum Gasteiger partial charge on any atom is -0.481 e. The summed E-state index contributed by atoms with van der Waals surface area (Å²) in [5.74, 6) is 0.482. The highest BCUT2D eigenvalue weighted by atomic mass is 16.5. The van der Waals surface area contributed by atoms with Crippen LogP contribution in [0.2, 0.25) is 0 Å². The van der Waals surface area contributed by atoms with Crippen LogP contribution < -0.4 is 16.2 Å². The van der Waals surface area contributed by atoms with Crippen molar-refractivity contribution in [2.24, 2.45) is 16.5 Å². The van der Waals surface area contributed by atoms with Gasteiger partial charge in [-0.3, -0.25) is 4.99 Å². The summed E-state index contributed by atoms with van der Waals surface area (Å²) >= 11 is 0. The Morgan fingerprint density at radius 3 is 2.70 bits per heavy atom. The van der Waals surface area contributed by atoms with Gasteiger partial charge in [0.1, 0.15) is 0 Å². The molecule has 5 nitrogen and oxygen atoms in total. The highest BCUT2D eigenvalue weighted by Crippen LogP contribution is 2.40. The van der Waals surface area contributed by atoms with Crippen LogP contribution in [0.4, 0.5) is 5.69 Å².